The summed E-state index contributed by atoms with van der Waals surface area (Å²) in [5.41, 5.74) is 1.98. The Morgan fingerprint density at radius 3 is 2.71 bits per heavy atom. The van der Waals surface area contributed by atoms with E-state index in [9.17, 15) is 4.79 Å². The first-order valence-corrected chi connectivity index (χ1v) is 6.63. The smallest absolute Gasteiger partial charge is 0.265 e. The van der Waals surface area contributed by atoms with Crippen molar-refractivity contribution in [3.8, 4) is 11.8 Å². The second kappa shape index (κ2) is 6.58. The van der Waals surface area contributed by atoms with Crippen LogP contribution in [0.1, 0.15) is 18.1 Å². The number of rotatable bonds is 4. The second-order valence-electron chi connectivity index (χ2n) is 4.72. The van der Waals surface area contributed by atoms with Crippen LogP contribution < -0.4 is 10.1 Å². The number of amides is 1. The van der Waals surface area contributed by atoms with Gasteiger partial charge in [-0.05, 0) is 43.7 Å². The van der Waals surface area contributed by atoms with Gasteiger partial charge in [0.1, 0.15) is 11.8 Å². The Kier molecular flexibility index (Phi) is 4.57. The second-order valence-corrected chi connectivity index (χ2v) is 4.72. The summed E-state index contributed by atoms with van der Waals surface area (Å²) in [5, 5.41) is 11.7. The molecule has 1 amide bonds. The van der Waals surface area contributed by atoms with Crippen LogP contribution in [0, 0.1) is 18.3 Å². The lowest BCUT2D eigenvalue weighted by molar-refractivity contribution is -0.122. The molecule has 0 radical (unpaired) electrons. The average Bonchev–Trinajstić information content (AvgIpc) is 2.47. The molecule has 0 bridgehead atoms. The van der Waals surface area contributed by atoms with E-state index >= 15 is 0 Å². The number of carbonyl (C=O) groups excluding carboxylic acids is 1. The molecule has 106 valence electrons. The topological polar surface area (TPSA) is 62.1 Å². The largest absolute Gasteiger partial charge is 0.481 e. The summed E-state index contributed by atoms with van der Waals surface area (Å²) < 4.78 is 5.61. The molecule has 2 aromatic carbocycles. The first kappa shape index (κ1) is 14.6. The maximum atomic E-state index is 12.1. The Hall–Kier alpha value is -2.80. The van der Waals surface area contributed by atoms with Crippen molar-refractivity contribution in [2.45, 2.75) is 20.0 Å². The third-order valence-electron chi connectivity index (χ3n) is 2.98. The lowest BCUT2D eigenvalue weighted by Gasteiger charge is -2.15. The van der Waals surface area contributed by atoms with Gasteiger partial charge >= 0.3 is 0 Å². The van der Waals surface area contributed by atoms with Crippen molar-refractivity contribution < 1.29 is 9.53 Å². The summed E-state index contributed by atoms with van der Waals surface area (Å²) in [6.45, 7) is 3.63. The van der Waals surface area contributed by atoms with Crippen LogP contribution in [-0.2, 0) is 4.79 Å². The highest BCUT2D eigenvalue weighted by molar-refractivity contribution is 5.95. The number of benzene rings is 2. The van der Waals surface area contributed by atoms with Gasteiger partial charge in [0.25, 0.3) is 5.91 Å². The van der Waals surface area contributed by atoms with Gasteiger partial charge in [-0.25, -0.2) is 0 Å². The normalized spacial score (nSPS) is 11.3. The molecule has 0 aliphatic heterocycles. The van der Waals surface area contributed by atoms with E-state index in [0.717, 1.165) is 5.56 Å². The molecule has 0 saturated heterocycles. The number of nitrogens with zero attached hydrogens (tertiary/aromatic N) is 1. The minimum absolute atomic E-state index is 0.292. The highest BCUT2D eigenvalue weighted by Crippen LogP contribution is 2.17. The van der Waals surface area contributed by atoms with Crippen molar-refractivity contribution in [3.63, 3.8) is 0 Å². The standard InChI is InChI=1S/C17H16N2O2/c1-12-6-5-8-15(10-12)21-13(2)17(20)19-16-9-4-3-7-14(16)11-18/h3-10,13H,1-2H3,(H,19,20)/t13-/m1/s1. The first-order valence-electron chi connectivity index (χ1n) is 6.63. The molecule has 4 nitrogen and oxygen atoms in total. The van der Waals surface area contributed by atoms with E-state index < -0.39 is 6.10 Å². The number of para-hydroxylation sites is 1. The van der Waals surface area contributed by atoms with Crippen LogP contribution in [0.25, 0.3) is 0 Å². The summed E-state index contributed by atoms with van der Waals surface area (Å²) in [6.07, 6.45) is -0.654. The Morgan fingerprint density at radius 2 is 2.00 bits per heavy atom. The fourth-order valence-corrected chi connectivity index (χ4v) is 1.87. The van der Waals surface area contributed by atoms with Gasteiger partial charge in [-0.1, -0.05) is 24.3 Å². The van der Waals surface area contributed by atoms with Gasteiger partial charge in [0.2, 0.25) is 0 Å². The van der Waals surface area contributed by atoms with Gasteiger partial charge in [-0.15, -0.1) is 0 Å². The average molecular weight is 280 g/mol. The molecule has 0 spiro atoms. The molecule has 0 aliphatic carbocycles. The van der Waals surface area contributed by atoms with E-state index in [0.29, 0.717) is 17.0 Å². The zero-order valence-electron chi connectivity index (χ0n) is 12.0. The predicted octanol–water partition coefficient (Wildman–Crippen LogP) is 3.27. The molecular weight excluding hydrogens is 264 g/mol. The van der Waals surface area contributed by atoms with E-state index in [1.165, 1.54) is 0 Å². The molecule has 0 aromatic heterocycles. The molecule has 0 aliphatic rings. The van der Waals surface area contributed by atoms with E-state index in [1.54, 1.807) is 37.3 Å². The number of anilines is 1. The van der Waals surface area contributed by atoms with Crippen molar-refractivity contribution in [2.75, 3.05) is 5.32 Å². The Balaban J connectivity index is 2.05. The molecule has 2 rings (SSSR count). The van der Waals surface area contributed by atoms with Crippen molar-refractivity contribution in [1.82, 2.24) is 0 Å². The lowest BCUT2D eigenvalue weighted by atomic mass is 10.2. The number of carbonyl (C=O) groups is 1. The van der Waals surface area contributed by atoms with Gasteiger partial charge in [-0.2, -0.15) is 5.26 Å². The van der Waals surface area contributed by atoms with Crippen molar-refractivity contribution >= 4 is 11.6 Å². The van der Waals surface area contributed by atoms with Crippen LogP contribution in [0.15, 0.2) is 48.5 Å². The van der Waals surface area contributed by atoms with Gasteiger partial charge in [0.05, 0.1) is 11.3 Å². The fourth-order valence-electron chi connectivity index (χ4n) is 1.87. The zero-order valence-corrected chi connectivity index (χ0v) is 12.0. The highest BCUT2D eigenvalue weighted by atomic mass is 16.5. The zero-order chi connectivity index (χ0) is 15.2. The fraction of sp³-hybridized carbons (Fsp3) is 0.176. The van der Waals surface area contributed by atoms with Crippen molar-refractivity contribution in [2.24, 2.45) is 0 Å². The lowest BCUT2D eigenvalue weighted by Crippen LogP contribution is -2.30. The summed E-state index contributed by atoms with van der Waals surface area (Å²) in [6, 6.07) is 16.4. The Morgan fingerprint density at radius 1 is 1.24 bits per heavy atom. The molecule has 4 heteroatoms. The molecule has 21 heavy (non-hydrogen) atoms. The molecular formula is C17H16N2O2. The predicted molar refractivity (Wildman–Crippen MR) is 81.1 cm³/mol. The number of nitrogens with one attached hydrogen (secondary N) is 1. The number of aryl methyl sites for hydroxylation is 1. The van der Waals surface area contributed by atoms with Crippen LogP contribution in [-0.4, -0.2) is 12.0 Å². The third-order valence-corrected chi connectivity index (χ3v) is 2.98. The van der Waals surface area contributed by atoms with Crippen LogP contribution in [0.3, 0.4) is 0 Å². The van der Waals surface area contributed by atoms with E-state index in [-0.39, 0.29) is 5.91 Å². The van der Waals surface area contributed by atoms with Crippen LogP contribution in [0.4, 0.5) is 5.69 Å². The minimum Gasteiger partial charge on any atom is -0.481 e. The molecule has 2 aromatic rings. The number of ether oxygens (including phenoxy) is 1. The molecule has 1 N–H and O–H groups in total. The summed E-state index contributed by atoms with van der Waals surface area (Å²) in [4.78, 5) is 12.1. The summed E-state index contributed by atoms with van der Waals surface area (Å²) >= 11 is 0. The number of hydrogen-bond donors (Lipinski definition) is 1. The minimum atomic E-state index is -0.654. The highest BCUT2D eigenvalue weighted by Gasteiger charge is 2.16. The van der Waals surface area contributed by atoms with Crippen LogP contribution in [0.5, 0.6) is 5.75 Å². The molecule has 0 heterocycles. The van der Waals surface area contributed by atoms with Crippen LogP contribution >= 0.6 is 0 Å². The third kappa shape index (κ3) is 3.83. The number of hydrogen-bond acceptors (Lipinski definition) is 3. The molecule has 1 atom stereocenters. The van der Waals surface area contributed by atoms with E-state index in [4.69, 9.17) is 10.00 Å². The molecule has 0 saturated carbocycles. The molecule has 0 unspecified atom stereocenters. The number of nitriles is 1. The maximum Gasteiger partial charge on any atom is 0.265 e. The quantitative estimate of drug-likeness (QED) is 0.935. The van der Waals surface area contributed by atoms with Crippen molar-refractivity contribution in [1.29, 1.82) is 5.26 Å². The first-order chi connectivity index (χ1) is 10.1. The Bertz CT molecular complexity index is 689. The van der Waals surface area contributed by atoms with E-state index in [2.05, 4.69) is 5.32 Å². The summed E-state index contributed by atoms with van der Waals surface area (Å²) in [7, 11) is 0. The van der Waals surface area contributed by atoms with E-state index in [1.807, 2.05) is 31.2 Å². The van der Waals surface area contributed by atoms with Gasteiger partial charge in [0, 0.05) is 0 Å². The van der Waals surface area contributed by atoms with Gasteiger partial charge < -0.3 is 10.1 Å². The Labute approximate surface area is 124 Å². The SMILES string of the molecule is Cc1cccc(O[C@H](C)C(=O)Nc2ccccc2C#N)c1. The van der Waals surface area contributed by atoms with Crippen LogP contribution in [0.2, 0.25) is 0 Å². The molecule has 0 fully saturated rings. The maximum absolute atomic E-state index is 12.1. The van der Waals surface area contributed by atoms with Crippen molar-refractivity contribution in [3.05, 3.63) is 59.7 Å². The monoisotopic (exact) mass is 280 g/mol. The summed E-state index contributed by atoms with van der Waals surface area (Å²) in [5.74, 6) is 0.352. The van der Waals surface area contributed by atoms with Gasteiger partial charge in [-0.3, -0.25) is 4.79 Å². The van der Waals surface area contributed by atoms with Gasteiger partial charge in [0.15, 0.2) is 6.10 Å².